The number of hydrogen-bond donors (Lipinski definition) is 1. The van der Waals surface area contributed by atoms with Crippen LogP contribution in [0.3, 0.4) is 0 Å². The van der Waals surface area contributed by atoms with Crippen molar-refractivity contribution < 1.29 is 9.72 Å². The van der Waals surface area contributed by atoms with Crippen molar-refractivity contribution >= 4 is 55.6 Å². The van der Waals surface area contributed by atoms with Crippen molar-refractivity contribution in [3.8, 4) is 0 Å². The van der Waals surface area contributed by atoms with Gasteiger partial charge in [0.05, 0.1) is 10.6 Å². The van der Waals surface area contributed by atoms with Crippen LogP contribution in [0.4, 0.5) is 11.4 Å². The van der Waals surface area contributed by atoms with E-state index in [0.717, 1.165) is 26.5 Å². The average molecular weight is 432 g/mol. The molecule has 5 nitrogen and oxygen atoms in total. The number of fused-ring (bicyclic) bond motifs is 3. The van der Waals surface area contributed by atoms with E-state index in [1.165, 1.54) is 12.1 Å². The Morgan fingerprint density at radius 3 is 2.62 bits per heavy atom. The van der Waals surface area contributed by atoms with Crippen molar-refractivity contribution in [3.63, 3.8) is 0 Å². The summed E-state index contributed by atoms with van der Waals surface area (Å²) in [6.07, 6.45) is 0.219. The molecule has 3 aromatic carbocycles. The maximum atomic E-state index is 12.3. The topological polar surface area (TPSA) is 72.2 Å². The first-order valence-electron chi connectivity index (χ1n) is 7.90. The van der Waals surface area contributed by atoms with Crippen molar-refractivity contribution in [2.75, 3.05) is 5.32 Å². The van der Waals surface area contributed by atoms with Crippen LogP contribution in [0.5, 0.6) is 0 Å². The molecule has 0 radical (unpaired) electrons. The molecule has 7 heteroatoms. The van der Waals surface area contributed by atoms with E-state index >= 15 is 0 Å². The summed E-state index contributed by atoms with van der Waals surface area (Å²) in [5, 5.41) is 16.2. The van der Waals surface area contributed by atoms with Gasteiger partial charge >= 0.3 is 0 Å². The summed E-state index contributed by atoms with van der Waals surface area (Å²) in [6.45, 7) is 0. The Balaban J connectivity index is 1.95. The lowest BCUT2D eigenvalue weighted by molar-refractivity contribution is -0.384. The van der Waals surface area contributed by atoms with Gasteiger partial charge in [-0.2, -0.15) is 0 Å². The molecule has 0 bridgehead atoms. The van der Waals surface area contributed by atoms with E-state index in [1.807, 2.05) is 30.3 Å². The van der Waals surface area contributed by atoms with Crippen LogP contribution in [0.25, 0.3) is 10.8 Å². The predicted octanol–water partition coefficient (Wildman–Crippen LogP) is 5.64. The standard InChI is InChI=1S/C19H12BrClN2O3/c20-15-8-14-13(10-5-6-16(21)17(7-10)23(25)26)9-18(24)22-19(14)12-4-2-1-3-11(12)15/h1-8,13H,9H2,(H,22,24)/t13-/m0/s1. The van der Waals surface area contributed by atoms with Crippen molar-refractivity contribution in [1.82, 2.24) is 0 Å². The van der Waals surface area contributed by atoms with Crippen LogP contribution < -0.4 is 5.32 Å². The molecular weight excluding hydrogens is 420 g/mol. The van der Waals surface area contributed by atoms with E-state index in [-0.39, 0.29) is 29.0 Å². The van der Waals surface area contributed by atoms with Gasteiger partial charge in [-0.25, -0.2) is 0 Å². The SMILES string of the molecule is O=C1C[C@@H](c2ccc(Cl)c([N+](=O)[O-])c2)c2cc(Br)c3ccccc3c2N1. The van der Waals surface area contributed by atoms with Gasteiger partial charge in [-0.15, -0.1) is 0 Å². The summed E-state index contributed by atoms with van der Waals surface area (Å²) in [5.74, 6) is -0.400. The molecule has 4 rings (SSSR count). The number of benzene rings is 3. The fourth-order valence-corrected chi connectivity index (χ4v) is 4.21. The van der Waals surface area contributed by atoms with E-state index in [1.54, 1.807) is 6.07 Å². The average Bonchev–Trinajstić information content (AvgIpc) is 2.62. The molecule has 0 aromatic heterocycles. The minimum Gasteiger partial charge on any atom is -0.325 e. The summed E-state index contributed by atoms with van der Waals surface area (Å²) in [4.78, 5) is 23.1. The normalized spacial score (nSPS) is 16.2. The molecule has 1 atom stereocenters. The van der Waals surface area contributed by atoms with Gasteiger partial charge in [0, 0.05) is 28.3 Å². The first-order chi connectivity index (χ1) is 12.5. The quantitative estimate of drug-likeness (QED) is 0.422. The summed E-state index contributed by atoms with van der Waals surface area (Å²) < 4.78 is 0.913. The molecular formula is C19H12BrClN2O3. The van der Waals surface area contributed by atoms with Crippen LogP contribution in [0.15, 0.2) is 53.0 Å². The zero-order chi connectivity index (χ0) is 18.4. The van der Waals surface area contributed by atoms with Gasteiger partial charge in [0.2, 0.25) is 5.91 Å². The number of rotatable bonds is 2. The number of nitro benzene ring substituents is 1. The highest BCUT2D eigenvalue weighted by Crippen LogP contribution is 2.44. The third-order valence-corrected chi connectivity index (χ3v) is 5.60. The van der Waals surface area contributed by atoms with Crippen LogP contribution in [0, 0.1) is 10.1 Å². The number of anilines is 1. The monoisotopic (exact) mass is 430 g/mol. The van der Waals surface area contributed by atoms with E-state index in [4.69, 9.17) is 11.6 Å². The Morgan fingerprint density at radius 2 is 1.88 bits per heavy atom. The van der Waals surface area contributed by atoms with Crippen LogP contribution in [0.2, 0.25) is 5.02 Å². The van der Waals surface area contributed by atoms with Gasteiger partial charge in [0.15, 0.2) is 0 Å². The summed E-state index contributed by atoms with van der Waals surface area (Å²) in [5.41, 5.74) is 2.21. The van der Waals surface area contributed by atoms with Gasteiger partial charge in [-0.3, -0.25) is 14.9 Å². The van der Waals surface area contributed by atoms with Gasteiger partial charge in [-0.1, -0.05) is 57.9 Å². The highest BCUT2D eigenvalue weighted by atomic mass is 79.9. The van der Waals surface area contributed by atoms with Crippen LogP contribution in [-0.4, -0.2) is 10.8 Å². The molecule has 0 aliphatic carbocycles. The Morgan fingerprint density at radius 1 is 1.15 bits per heavy atom. The smallest absolute Gasteiger partial charge is 0.288 e. The molecule has 26 heavy (non-hydrogen) atoms. The number of nitrogens with one attached hydrogen (secondary N) is 1. The van der Waals surface area contributed by atoms with Gasteiger partial charge in [0.25, 0.3) is 5.69 Å². The number of halogens is 2. The number of nitro groups is 1. The predicted molar refractivity (Wildman–Crippen MR) is 105 cm³/mol. The molecule has 130 valence electrons. The maximum absolute atomic E-state index is 12.3. The van der Waals surface area contributed by atoms with Gasteiger partial charge in [-0.05, 0) is 28.6 Å². The fourth-order valence-electron chi connectivity index (χ4n) is 3.44. The van der Waals surface area contributed by atoms with E-state index in [2.05, 4.69) is 21.2 Å². The van der Waals surface area contributed by atoms with Crippen LogP contribution in [-0.2, 0) is 4.79 Å². The maximum Gasteiger partial charge on any atom is 0.288 e. The minimum absolute atomic E-state index is 0.0823. The highest BCUT2D eigenvalue weighted by Gasteiger charge is 2.30. The lowest BCUT2D eigenvalue weighted by atomic mass is 9.83. The molecule has 1 N–H and O–H groups in total. The fraction of sp³-hybridized carbons (Fsp3) is 0.105. The second kappa shape index (κ2) is 6.37. The second-order valence-electron chi connectivity index (χ2n) is 6.14. The second-order valence-corrected chi connectivity index (χ2v) is 7.40. The summed E-state index contributed by atoms with van der Waals surface area (Å²) in [7, 11) is 0. The largest absolute Gasteiger partial charge is 0.325 e. The molecule has 1 aliphatic rings. The van der Waals surface area contributed by atoms with Crippen molar-refractivity contribution in [1.29, 1.82) is 0 Å². The van der Waals surface area contributed by atoms with E-state index in [0.29, 0.717) is 5.56 Å². The van der Waals surface area contributed by atoms with Gasteiger partial charge in [0.1, 0.15) is 5.02 Å². The molecule has 3 aromatic rings. The van der Waals surface area contributed by atoms with Gasteiger partial charge < -0.3 is 5.32 Å². The lowest BCUT2D eigenvalue weighted by Crippen LogP contribution is -2.24. The van der Waals surface area contributed by atoms with E-state index < -0.39 is 4.92 Å². The number of amides is 1. The van der Waals surface area contributed by atoms with Crippen LogP contribution >= 0.6 is 27.5 Å². The third kappa shape index (κ3) is 2.75. The number of hydrogen-bond acceptors (Lipinski definition) is 3. The van der Waals surface area contributed by atoms with Crippen molar-refractivity contribution in [2.45, 2.75) is 12.3 Å². The Kier molecular flexibility index (Phi) is 4.17. The molecule has 1 amide bonds. The first-order valence-corrected chi connectivity index (χ1v) is 9.07. The summed E-state index contributed by atoms with van der Waals surface area (Å²) in [6, 6.07) is 14.5. The Bertz CT molecular complexity index is 1080. The number of nitrogens with zero attached hydrogens (tertiary/aromatic N) is 1. The zero-order valence-corrected chi connectivity index (χ0v) is 15.7. The molecule has 1 heterocycles. The molecule has 0 saturated heterocycles. The Labute approximate surface area is 162 Å². The lowest BCUT2D eigenvalue weighted by Gasteiger charge is -2.28. The van der Waals surface area contributed by atoms with Crippen LogP contribution in [0.1, 0.15) is 23.5 Å². The number of carbonyl (C=O) groups excluding carboxylic acids is 1. The zero-order valence-electron chi connectivity index (χ0n) is 13.3. The molecule has 0 spiro atoms. The highest BCUT2D eigenvalue weighted by molar-refractivity contribution is 9.10. The molecule has 0 saturated carbocycles. The molecule has 0 fully saturated rings. The first kappa shape index (κ1) is 17.0. The number of carbonyl (C=O) groups is 1. The van der Waals surface area contributed by atoms with Crippen molar-refractivity contribution in [3.05, 3.63) is 79.3 Å². The molecule has 0 unspecified atom stereocenters. The Hall–Kier alpha value is -2.44. The minimum atomic E-state index is -0.508. The van der Waals surface area contributed by atoms with E-state index in [9.17, 15) is 14.9 Å². The molecule has 1 aliphatic heterocycles. The third-order valence-electron chi connectivity index (χ3n) is 4.62. The summed E-state index contributed by atoms with van der Waals surface area (Å²) >= 11 is 9.53. The van der Waals surface area contributed by atoms with Crippen molar-refractivity contribution in [2.24, 2.45) is 0 Å².